The van der Waals surface area contributed by atoms with Crippen molar-refractivity contribution < 1.29 is 13.5 Å². The molecule has 0 saturated carbocycles. The van der Waals surface area contributed by atoms with Crippen LogP contribution in [0.5, 0.6) is 5.75 Å². The first kappa shape index (κ1) is 11.4. The second-order valence-electron chi connectivity index (χ2n) is 2.75. The lowest BCUT2D eigenvalue weighted by molar-refractivity contribution is 0.115. The molecule has 1 atom stereocenters. The molecule has 0 aliphatic rings. The SMILES string of the molecule is COc1ccc(Br)cc1[C@@H](N)C(F)F. The number of alkyl halides is 2. The predicted octanol–water partition coefficient (Wildman–Crippen LogP) is 2.72. The molecule has 0 saturated heterocycles. The van der Waals surface area contributed by atoms with Crippen molar-refractivity contribution >= 4 is 15.9 Å². The Labute approximate surface area is 89.2 Å². The van der Waals surface area contributed by atoms with E-state index in [-0.39, 0.29) is 0 Å². The number of methoxy groups -OCH3 is 1. The molecule has 0 unspecified atom stereocenters. The van der Waals surface area contributed by atoms with Gasteiger partial charge in [0, 0.05) is 10.0 Å². The van der Waals surface area contributed by atoms with E-state index in [9.17, 15) is 8.78 Å². The van der Waals surface area contributed by atoms with Gasteiger partial charge in [-0.15, -0.1) is 0 Å². The van der Waals surface area contributed by atoms with Gasteiger partial charge in [0.1, 0.15) is 5.75 Å². The van der Waals surface area contributed by atoms with Crippen LogP contribution in [0.3, 0.4) is 0 Å². The van der Waals surface area contributed by atoms with Crippen molar-refractivity contribution in [3.63, 3.8) is 0 Å². The van der Waals surface area contributed by atoms with Crippen LogP contribution in [0.1, 0.15) is 11.6 Å². The molecule has 0 aliphatic carbocycles. The minimum atomic E-state index is -2.60. The third-order valence-corrected chi connectivity index (χ3v) is 2.32. The average molecular weight is 266 g/mol. The molecule has 2 N–H and O–H groups in total. The number of benzene rings is 1. The van der Waals surface area contributed by atoms with E-state index in [2.05, 4.69) is 15.9 Å². The quantitative estimate of drug-likeness (QED) is 0.912. The van der Waals surface area contributed by atoms with E-state index >= 15 is 0 Å². The summed E-state index contributed by atoms with van der Waals surface area (Å²) >= 11 is 3.19. The first-order valence-corrected chi connectivity index (χ1v) is 4.72. The largest absolute Gasteiger partial charge is 0.496 e. The minimum absolute atomic E-state index is 0.303. The highest BCUT2D eigenvalue weighted by atomic mass is 79.9. The highest BCUT2D eigenvalue weighted by molar-refractivity contribution is 9.10. The minimum Gasteiger partial charge on any atom is -0.496 e. The monoisotopic (exact) mass is 265 g/mol. The Morgan fingerprint density at radius 3 is 2.57 bits per heavy atom. The van der Waals surface area contributed by atoms with E-state index in [0.717, 1.165) is 0 Å². The molecule has 0 radical (unpaired) electrons. The molecule has 0 spiro atoms. The highest BCUT2D eigenvalue weighted by Crippen LogP contribution is 2.30. The number of hydrogen-bond acceptors (Lipinski definition) is 2. The standard InChI is InChI=1S/C9H10BrF2NO/c1-14-7-3-2-5(10)4-6(7)8(13)9(11)12/h2-4,8-9H,13H2,1H3/t8-/m1/s1. The van der Waals surface area contributed by atoms with Crippen LogP contribution in [0.4, 0.5) is 8.78 Å². The lowest BCUT2D eigenvalue weighted by Crippen LogP contribution is -2.19. The van der Waals surface area contributed by atoms with Gasteiger partial charge in [-0.3, -0.25) is 0 Å². The van der Waals surface area contributed by atoms with Gasteiger partial charge >= 0.3 is 0 Å². The van der Waals surface area contributed by atoms with Gasteiger partial charge in [-0.05, 0) is 18.2 Å². The van der Waals surface area contributed by atoms with Gasteiger partial charge in [-0.25, -0.2) is 8.78 Å². The van der Waals surface area contributed by atoms with Crippen molar-refractivity contribution in [1.82, 2.24) is 0 Å². The molecule has 14 heavy (non-hydrogen) atoms. The predicted molar refractivity (Wildman–Crippen MR) is 53.6 cm³/mol. The smallest absolute Gasteiger partial charge is 0.257 e. The molecule has 5 heteroatoms. The number of rotatable bonds is 3. The van der Waals surface area contributed by atoms with E-state index in [1.165, 1.54) is 13.2 Å². The summed E-state index contributed by atoms with van der Waals surface area (Å²) in [4.78, 5) is 0. The molecule has 1 aromatic rings. The van der Waals surface area contributed by atoms with Gasteiger partial charge < -0.3 is 10.5 Å². The van der Waals surface area contributed by atoms with Crippen LogP contribution in [0.15, 0.2) is 22.7 Å². The molecular weight excluding hydrogens is 256 g/mol. The Bertz CT molecular complexity index is 320. The van der Waals surface area contributed by atoms with E-state index in [1.54, 1.807) is 12.1 Å². The van der Waals surface area contributed by atoms with E-state index < -0.39 is 12.5 Å². The maximum Gasteiger partial charge on any atom is 0.257 e. The van der Waals surface area contributed by atoms with Gasteiger partial charge in [-0.2, -0.15) is 0 Å². The van der Waals surface area contributed by atoms with Crippen LogP contribution in [0.25, 0.3) is 0 Å². The Morgan fingerprint density at radius 2 is 2.07 bits per heavy atom. The van der Waals surface area contributed by atoms with Crippen molar-refractivity contribution in [3.8, 4) is 5.75 Å². The molecule has 0 amide bonds. The number of nitrogens with two attached hydrogens (primary N) is 1. The molecule has 0 fully saturated rings. The first-order chi connectivity index (χ1) is 6.56. The molecule has 0 aliphatic heterocycles. The third-order valence-electron chi connectivity index (χ3n) is 1.82. The van der Waals surface area contributed by atoms with Gasteiger partial charge in [-0.1, -0.05) is 15.9 Å². The Hall–Kier alpha value is -0.680. The van der Waals surface area contributed by atoms with Crippen LogP contribution < -0.4 is 10.5 Å². The maximum atomic E-state index is 12.4. The van der Waals surface area contributed by atoms with Crippen molar-refractivity contribution in [1.29, 1.82) is 0 Å². The molecule has 78 valence electrons. The van der Waals surface area contributed by atoms with Crippen LogP contribution in [0, 0.1) is 0 Å². The summed E-state index contributed by atoms with van der Waals surface area (Å²) < 4.78 is 30.4. The highest BCUT2D eigenvalue weighted by Gasteiger charge is 2.21. The van der Waals surface area contributed by atoms with Crippen molar-refractivity contribution in [3.05, 3.63) is 28.2 Å². The lowest BCUT2D eigenvalue weighted by Gasteiger charge is -2.14. The topological polar surface area (TPSA) is 35.2 Å². The molecular formula is C9H10BrF2NO. The first-order valence-electron chi connectivity index (χ1n) is 3.93. The van der Waals surface area contributed by atoms with E-state index in [0.29, 0.717) is 15.8 Å². The summed E-state index contributed by atoms with van der Waals surface area (Å²) in [5, 5.41) is 0. The zero-order chi connectivity index (χ0) is 10.7. The second-order valence-corrected chi connectivity index (χ2v) is 3.66. The lowest BCUT2D eigenvalue weighted by atomic mass is 10.1. The summed E-state index contributed by atoms with van der Waals surface area (Å²) in [6, 6.07) is 3.53. The summed E-state index contributed by atoms with van der Waals surface area (Å²) in [6.45, 7) is 0. The van der Waals surface area contributed by atoms with E-state index in [4.69, 9.17) is 10.5 Å². The molecule has 0 aromatic heterocycles. The number of halogens is 3. The molecule has 2 nitrogen and oxygen atoms in total. The van der Waals surface area contributed by atoms with Gasteiger partial charge in [0.05, 0.1) is 13.2 Å². The maximum absolute atomic E-state index is 12.4. The Kier molecular flexibility index (Phi) is 3.83. The number of ether oxygens (including phenoxy) is 1. The Morgan fingerprint density at radius 1 is 1.43 bits per heavy atom. The summed E-state index contributed by atoms with van der Waals surface area (Å²) in [6.07, 6.45) is -2.60. The zero-order valence-electron chi connectivity index (χ0n) is 7.51. The van der Waals surface area contributed by atoms with Gasteiger partial charge in [0.15, 0.2) is 0 Å². The molecule has 0 heterocycles. The fourth-order valence-corrected chi connectivity index (χ4v) is 1.48. The summed E-state index contributed by atoms with van der Waals surface area (Å²) in [5.41, 5.74) is 5.63. The van der Waals surface area contributed by atoms with Crippen molar-refractivity contribution in [2.24, 2.45) is 5.73 Å². The summed E-state index contributed by atoms with van der Waals surface area (Å²) in [7, 11) is 1.42. The second kappa shape index (κ2) is 4.70. The average Bonchev–Trinajstić information content (AvgIpc) is 2.16. The van der Waals surface area contributed by atoms with Crippen LogP contribution in [-0.2, 0) is 0 Å². The van der Waals surface area contributed by atoms with Crippen molar-refractivity contribution in [2.45, 2.75) is 12.5 Å². The molecule has 1 aromatic carbocycles. The zero-order valence-corrected chi connectivity index (χ0v) is 9.09. The number of hydrogen-bond donors (Lipinski definition) is 1. The van der Waals surface area contributed by atoms with Gasteiger partial charge in [0.25, 0.3) is 6.43 Å². The molecule has 1 rings (SSSR count). The van der Waals surface area contributed by atoms with Crippen LogP contribution in [0.2, 0.25) is 0 Å². The fourth-order valence-electron chi connectivity index (χ4n) is 1.10. The van der Waals surface area contributed by atoms with E-state index in [1.807, 2.05) is 0 Å². The molecule has 0 bridgehead atoms. The fraction of sp³-hybridized carbons (Fsp3) is 0.333. The van der Waals surface area contributed by atoms with Gasteiger partial charge in [0.2, 0.25) is 0 Å². The Balaban J connectivity index is 3.10. The third kappa shape index (κ3) is 2.42. The van der Waals surface area contributed by atoms with Crippen LogP contribution >= 0.6 is 15.9 Å². The van der Waals surface area contributed by atoms with Crippen LogP contribution in [-0.4, -0.2) is 13.5 Å². The van der Waals surface area contributed by atoms with Crippen molar-refractivity contribution in [2.75, 3.05) is 7.11 Å². The summed E-state index contributed by atoms with van der Waals surface area (Å²) in [5.74, 6) is 0.376. The normalized spacial score (nSPS) is 13.0.